The molecule has 0 aromatic heterocycles. The summed E-state index contributed by atoms with van der Waals surface area (Å²) >= 11 is 0. The zero-order chi connectivity index (χ0) is 21.2. The predicted octanol–water partition coefficient (Wildman–Crippen LogP) is 5.60. The van der Waals surface area contributed by atoms with E-state index in [1.54, 1.807) is 0 Å². The van der Waals surface area contributed by atoms with Gasteiger partial charge in [0.05, 0.1) is 12.2 Å². The van der Waals surface area contributed by atoms with E-state index < -0.39 is 26.3 Å². The van der Waals surface area contributed by atoms with Gasteiger partial charge >= 0.3 is 0 Å². The highest BCUT2D eigenvalue weighted by Crippen LogP contribution is 2.45. The third kappa shape index (κ3) is 5.54. The molecule has 1 saturated heterocycles. The van der Waals surface area contributed by atoms with Gasteiger partial charge in [-0.1, -0.05) is 57.2 Å². The molecule has 0 aliphatic carbocycles. The fraction of sp³-hybridized carbons (Fsp3) is 0.652. The molecule has 1 aromatic carbocycles. The quantitative estimate of drug-likeness (QED) is 0.451. The van der Waals surface area contributed by atoms with E-state index in [9.17, 15) is 5.11 Å². The molecule has 0 radical (unpaired) electrons. The maximum atomic E-state index is 10.8. The lowest BCUT2D eigenvalue weighted by atomic mass is 9.95. The standard InChI is InChI=1S/C23H38O4Si/c1-9-10-16-18(24)20-21(26-23(5,6)25-20)19(17-14-12-11-13-15-17)27-28(7,8)22(2,3)4/h9,11-15,18-21,24H,1,10,16H2,2-8H3/t18-,19-,20+,21+/m0/s1. The van der Waals surface area contributed by atoms with Crippen molar-refractivity contribution in [1.82, 2.24) is 0 Å². The van der Waals surface area contributed by atoms with Crippen molar-refractivity contribution >= 4 is 8.32 Å². The first-order valence-corrected chi connectivity index (χ1v) is 13.2. The first-order chi connectivity index (χ1) is 12.9. The molecule has 1 aromatic rings. The Morgan fingerprint density at radius 2 is 1.75 bits per heavy atom. The number of hydrogen-bond acceptors (Lipinski definition) is 4. The molecule has 2 rings (SSSR count). The molecule has 0 unspecified atom stereocenters. The second-order valence-corrected chi connectivity index (χ2v) is 14.5. The smallest absolute Gasteiger partial charge is 0.193 e. The van der Waals surface area contributed by atoms with Gasteiger partial charge in [-0.25, -0.2) is 0 Å². The Morgan fingerprint density at radius 1 is 1.18 bits per heavy atom. The van der Waals surface area contributed by atoms with Crippen LogP contribution in [0.25, 0.3) is 0 Å². The van der Waals surface area contributed by atoms with Crippen LogP contribution in [0.4, 0.5) is 0 Å². The molecular formula is C23H38O4Si. The van der Waals surface area contributed by atoms with E-state index in [1.165, 1.54) is 0 Å². The topological polar surface area (TPSA) is 47.9 Å². The van der Waals surface area contributed by atoms with Crippen molar-refractivity contribution in [1.29, 1.82) is 0 Å². The average molecular weight is 407 g/mol. The van der Waals surface area contributed by atoms with Gasteiger partial charge in [0.25, 0.3) is 0 Å². The summed E-state index contributed by atoms with van der Waals surface area (Å²) in [6.45, 7) is 18.7. The summed E-state index contributed by atoms with van der Waals surface area (Å²) in [5.74, 6) is -0.770. The van der Waals surface area contributed by atoms with Gasteiger partial charge in [0.2, 0.25) is 0 Å². The summed E-state index contributed by atoms with van der Waals surface area (Å²) in [5, 5.41) is 10.9. The minimum absolute atomic E-state index is 0.0615. The highest BCUT2D eigenvalue weighted by molar-refractivity contribution is 6.74. The Kier molecular flexibility index (Phi) is 7.32. The summed E-state index contributed by atoms with van der Waals surface area (Å²) in [6, 6.07) is 10.2. The van der Waals surface area contributed by atoms with Crippen molar-refractivity contribution in [2.75, 3.05) is 0 Å². The predicted molar refractivity (Wildman–Crippen MR) is 117 cm³/mol. The van der Waals surface area contributed by atoms with E-state index in [2.05, 4.69) is 52.6 Å². The summed E-state index contributed by atoms with van der Waals surface area (Å²) in [5.41, 5.74) is 1.06. The molecule has 0 bridgehead atoms. The summed E-state index contributed by atoms with van der Waals surface area (Å²) in [6.07, 6.45) is 1.36. The zero-order valence-electron chi connectivity index (χ0n) is 18.6. The fourth-order valence-electron chi connectivity index (χ4n) is 3.26. The molecule has 1 fully saturated rings. The van der Waals surface area contributed by atoms with E-state index in [4.69, 9.17) is 13.9 Å². The molecule has 0 spiro atoms. The lowest BCUT2D eigenvalue weighted by Crippen LogP contribution is -2.47. The highest BCUT2D eigenvalue weighted by atomic mass is 28.4. The van der Waals surface area contributed by atoms with Crippen molar-refractivity contribution in [3.63, 3.8) is 0 Å². The van der Waals surface area contributed by atoms with Gasteiger partial charge in [-0.15, -0.1) is 6.58 Å². The third-order valence-electron chi connectivity index (χ3n) is 5.86. The third-order valence-corrected chi connectivity index (χ3v) is 10.3. The first-order valence-electron chi connectivity index (χ1n) is 10.3. The van der Waals surface area contributed by atoms with Crippen LogP contribution in [-0.2, 0) is 13.9 Å². The second kappa shape index (κ2) is 8.80. The van der Waals surface area contributed by atoms with E-state index in [-0.39, 0.29) is 17.2 Å². The molecule has 1 aliphatic heterocycles. The van der Waals surface area contributed by atoms with Crippen molar-refractivity contribution in [3.05, 3.63) is 48.6 Å². The first kappa shape index (κ1) is 23.3. The lowest BCUT2D eigenvalue weighted by molar-refractivity contribution is -0.160. The monoisotopic (exact) mass is 406 g/mol. The Hall–Kier alpha value is -0.983. The van der Waals surface area contributed by atoms with Crippen LogP contribution in [0.3, 0.4) is 0 Å². The maximum Gasteiger partial charge on any atom is 0.193 e. The number of benzene rings is 1. The second-order valence-electron chi connectivity index (χ2n) is 9.71. The van der Waals surface area contributed by atoms with Gasteiger partial charge in [-0.3, -0.25) is 0 Å². The number of aliphatic hydroxyl groups excluding tert-OH is 1. The van der Waals surface area contributed by atoms with Crippen LogP contribution in [0.2, 0.25) is 18.1 Å². The average Bonchev–Trinajstić information content (AvgIpc) is 2.93. The largest absolute Gasteiger partial charge is 0.407 e. The van der Waals surface area contributed by atoms with E-state index >= 15 is 0 Å². The molecule has 0 saturated carbocycles. The van der Waals surface area contributed by atoms with Gasteiger partial charge in [-0.2, -0.15) is 0 Å². The van der Waals surface area contributed by atoms with Crippen molar-refractivity contribution in [2.45, 2.75) is 95.8 Å². The molecule has 158 valence electrons. The van der Waals surface area contributed by atoms with Gasteiger partial charge in [0, 0.05) is 0 Å². The SMILES string of the molecule is C=CCC[C@H](O)[C@H]1OC(C)(C)O[C@@H]1[C@@H](O[Si](C)(C)C(C)(C)C)c1ccccc1. The minimum atomic E-state index is -2.09. The van der Waals surface area contributed by atoms with Gasteiger partial charge in [0.15, 0.2) is 14.1 Å². The van der Waals surface area contributed by atoms with Crippen LogP contribution in [0.1, 0.15) is 59.1 Å². The van der Waals surface area contributed by atoms with Crippen LogP contribution in [0.15, 0.2) is 43.0 Å². The minimum Gasteiger partial charge on any atom is -0.407 e. The fourth-order valence-corrected chi connectivity index (χ4v) is 4.52. The number of rotatable bonds is 8. The molecule has 5 heteroatoms. The number of ether oxygens (including phenoxy) is 2. The van der Waals surface area contributed by atoms with Gasteiger partial charge in [-0.05, 0) is 50.4 Å². The van der Waals surface area contributed by atoms with Crippen LogP contribution in [0.5, 0.6) is 0 Å². The van der Waals surface area contributed by atoms with Crippen molar-refractivity contribution in [2.24, 2.45) is 0 Å². The molecular weight excluding hydrogens is 368 g/mol. The zero-order valence-corrected chi connectivity index (χ0v) is 19.6. The van der Waals surface area contributed by atoms with Crippen LogP contribution < -0.4 is 0 Å². The number of hydrogen-bond donors (Lipinski definition) is 1. The van der Waals surface area contributed by atoms with Crippen LogP contribution in [-0.4, -0.2) is 37.5 Å². The number of aliphatic hydroxyl groups is 1. The Morgan fingerprint density at radius 3 is 2.29 bits per heavy atom. The van der Waals surface area contributed by atoms with E-state index in [0.717, 1.165) is 12.0 Å². The molecule has 1 heterocycles. The summed E-state index contributed by atoms with van der Waals surface area (Å²) < 4.78 is 19.3. The molecule has 1 aliphatic rings. The lowest BCUT2D eigenvalue weighted by Gasteiger charge is -2.41. The van der Waals surface area contributed by atoms with Gasteiger partial charge in [0.1, 0.15) is 12.2 Å². The molecule has 4 atom stereocenters. The normalized spacial score (nSPS) is 24.7. The Bertz CT molecular complexity index is 636. The van der Waals surface area contributed by atoms with Crippen molar-refractivity contribution < 1.29 is 19.0 Å². The Balaban J connectivity index is 2.41. The van der Waals surface area contributed by atoms with Gasteiger partial charge < -0.3 is 19.0 Å². The molecule has 28 heavy (non-hydrogen) atoms. The van der Waals surface area contributed by atoms with Crippen LogP contribution >= 0.6 is 0 Å². The molecule has 4 nitrogen and oxygen atoms in total. The van der Waals surface area contributed by atoms with Crippen LogP contribution in [0, 0.1) is 0 Å². The van der Waals surface area contributed by atoms with E-state index in [0.29, 0.717) is 6.42 Å². The Labute approximate surface area is 172 Å². The maximum absolute atomic E-state index is 10.8. The number of allylic oxidation sites excluding steroid dienone is 1. The van der Waals surface area contributed by atoms with E-state index in [1.807, 2.05) is 38.1 Å². The molecule has 0 amide bonds. The van der Waals surface area contributed by atoms with Crippen molar-refractivity contribution in [3.8, 4) is 0 Å². The summed E-state index contributed by atoms with van der Waals surface area (Å²) in [4.78, 5) is 0. The highest BCUT2D eigenvalue weighted by Gasteiger charge is 2.51. The molecule has 1 N–H and O–H groups in total. The summed E-state index contributed by atoms with van der Waals surface area (Å²) in [7, 11) is -2.09.